The summed E-state index contributed by atoms with van der Waals surface area (Å²) in [7, 11) is 0. The molecule has 0 radical (unpaired) electrons. The summed E-state index contributed by atoms with van der Waals surface area (Å²) in [6.45, 7) is 4.44. The van der Waals surface area contributed by atoms with Gasteiger partial charge in [-0.1, -0.05) is 60.7 Å². The number of likely N-dealkylation sites (tertiary alicyclic amines) is 1. The van der Waals surface area contributed by atoms with E-state index in [0.29, 0.717) is 12.8 Å². The lowest BCUT2D eigenvalue weighted by Gasteiger charge is -2.30. The lowest BCUT2D eigenvalue weighted by atomic mass is 9.97. The fourth-order valence-electron chi connectivity index (χ4n) is 4.58. The maximum Gasteiger partial charge on any atom is 0.306 e. The highest BCUT2D eigenvalue weighted by molar-refractivity contribution is 5.72. The van der Waals surface area contributed by atoms with Crippen LogP contribution in [0.15, 0.2) is 72.9 Å². The minimum absolute atomic E-state index is 0.222. The summed E-state index contributed by atoms with van der Waals surface area (Å²) in [4.78, 5) is 18.7. The molecule has 1 saturated heterocycles. The van der Waals surface area contributed by atoms with Crippen LogP contribution in [0.5, 0.6) is 0 Å². The first-order chi connectivity index (χ1) is 15.6. The Morgan fingerprint density at radius 2 is 1.59 bits per heavy atom. The summed E-state index contributed by atoms with van der Waals surface area (Å²) >= 11 is 0. The second kappa shape index (κ2) is 8.60. The zero-order chi connectivity index (χ0) is 22.1. The number of carboxylic acids is 1. The Morgan fingerprint density at radius 1 is 0.938 bits per heavy atom. The molecule has 0 aliphatic carbocycles. The van der Waals surface area contributed by atoms with Gasteiger partial charge in [-0.15, -0.1) is 0 Å². The molecule has 1 aliphatic heterocycles. The molecule has 2 aromatic carbocycles. The number of imidazole rings is 1. The van der Waals surface area contributed by atoms with Crippen molar-refractivity contribution in [2.24, 2.45) is 5.92 Å². The van der Waals surface area contributed by atoms with Crippen LogP contribution < -0.4 is 0 Å². The second-order valence-corrected chi connectivity index (χ2v) is 8.67. The van der Waals surface area contributed by atoms with E-state index in [9.17, 15) is 9.90 Å². The summed E-state index contributed by atoms with van der Waals surface area (Å²) in [5.74, 6) is -0.894. The monoisotopic (exact) mass is 425 g/mol. The highest BCUT2D eigenvalue weighted by atomic mass is 16.4. The molecule has 0 unspecified atom stereocenters. The number of aryl methyl sites for hydroxylation is 1. The van der Waals surface area contributed by atoms with Gasteiger partial charge in [0.25, 0.3) is 0 Å². The third kappa shape index (κ3) is 4.04. The Morgan fingerprint density at radius 3 is 2.28 bits per heavy atom. The molecule has 32 heavy (non-hydrogen) atoms. The molecule has 5 heteroatoms. The van der Waals surface area contributed by atoms with Crippen LogP contribution in [0.25, 0.3) is 28.0 Å². The highest BCUT2D eigenvalue weighted by Gasteiger charge is 2.26. The lowest BCUT2D eigenvalue weighted by Crippen LogP contribution is -2.36. The van der Waals surface area contributed by atoms with Crippen LogP contribution in [0.3, 0.4) is 0 Å². The fraction of sp³-hybridized carbons (Fsp3) is 0.259. The van der Waals surface area contributed by atoms with Gasteiger partial charge in [0.15, 0.2) is 0 Å². The first-order valence-electron chi connectivity index (χ1n) is 11.2. The van der Waals surface area contributed by atoms with E-state index in [1.165, 1.54) is 16.7 Å². The molecule has 0 spiro atoms. The fourth-order valence-corrected chi connectivity index (χ4v) is 4.58. The molecule has 162 valence electrons. The molecule has 0 atom stereocenters. The van der Waals surface area contributed by atoms with E-state index in [0.717, 1.165) is 42.2 Å². The van der Waals surface area contributed by atoms with E-state index in [-0.39, 0.29) is 5.92 Å². The Hall–Kier alpha value is -3.44. The topological polar surface area (TPSA) is 57.8 Å². The quantitative estimate of drug-likeness (QED) is 0.473. The summed E-state index contributed by atoms with van der Waals surface area (Å²) in [5.41, 5.74) is 7.76. The van der Waals surface area contributed by atoms with Crippen molar-refractivity contribution in [3.8, 4) is 22.4 Å². The maximum atomic E-state index is 11.3. The molecule has 5 nitrogen and oxygen atoms in total. The second-order valence-electron chi connectivity index (χ2n) is 8.67. The van der Waals surface area contributed by atoms with Gasteiger partial charge in [-0.3, -0.25) is 9.69 Å². The number of carbonyl (C=O) groups is 1. The van der Waals surface area contributed by atoms with Crippen LogP contribution in [-0.2, 0) is 11.3 Å². The maximum absolute atomic E-state index is 11.3. The van der Waals surface area contributed by atoms with E-state index in [2.05, 4.69) is 83.1 Å². The summed E-state index contributed by atoms with van der Waals surface area (Å²) in [5, 5.41) is 9.32. The number of aliphatic carboxylic acids is 1. The first kappa shape index (κ1) is 20.5. The lowest BCUT2D eigenvalue weighted by molar-refractivity contribution is -0.143. The van der Waals surface area contributed by atoms with Crippen LogP contribution in [-0.4, -0.2) is 38.4 Å². The van der Waals surface area contributed by atoms with Crippen molar-refractivity contribution in [3.05, 3.63) is 84.2 Å². The molecule has 2 aromatic heterocycles. The number of fused-ring (bicyclic) bond motifs is 1. The molecule has 4 aromatic rings. The largest absolute Gasteiger partial charge is 0.481 e. The van der Waals surface area contributed by atoms with Crippen LogP contribution in [0.2, 0.25) is 0 Å². The number of piperidine rings is 1. The predicted molar refractivity (Wildman–Crippen MR) is 126 cm³/mol. The standard InChI is InChI=1S/C27H27N3O2/c1-19-7-12-25-28-26(22-10-8-21(9-11-22)20-5-3-2-4-6-20)24(30(25)17-19)18-29-15-13-23(14-16-29)27(31)32/h2-12,17,23H,13-16,18H2,1H3,(H,31,32). The molecular formula is C27H27N3O2. The first-order valence-corrected chi connectivity index (χ1v) is 11.2. The normalized spacial score (nSPS) is 15.3. The molecule has 0 saturated carbocycles. The third-order valence-electron chi connectivity index (χ3n) is 6.44. The zero-order valence-electron chi connectivity index (χ0n) is 18.2. The number of hydrogen-bond donors (Lipinski definition) is 1. The number of carboxylic acid groups (broad SMARTS) is 1. The van der Waals surface area contributed by atoms with Crippen molar-refractivity contribution in [1.82, 2.24) is 14.3 Å². The van der Waals surface area contributed by atoms with Crippen molar-refractivity contribution in [3.63, 3.8) is 0 Å². The van der Waals surface area contributed by atoms with E-state index in [1.807, 2.05) is 6.07 Å². The van der Waals surface area contributed by atoms with Gasteiger partial charge in [0, 0.05) is 18.3 Å². The van der Waals surface area contributed by atoms with Crippen molar-refractivity contribution in [2.45, 2.75) is 26.3 Å². The summed E-state index contributed by atoms with van der Waals surface area (Å²) < 4.78 is 2.19. The Kier molecular flexibility index (Phi) is 5.50. The zero-order valence-corrected chi connectivity index (χ0v) is 18.2. The Bertz CT molecular complexity index is 1240. The average Bonchev–Trinajstić information content (AvgIpc) is 3.17. The van der Waals surface area contributed by atoms with E-state index < -0.39 is 5.97 Å². The smallest absolute Gasteiger partial charge is 0.306 e. The summed E-state index contributed by atoms with van der Waals surface area (Å²) in [6, 6.07) is 23.1. The Balaban J connectivity index is 1.48. The van der Waals surface area contributed by atoms with Gasteiger partial charge in [-0.05, 0) is 55.6 Å². The number of pyridine rings is 1. The van der Waals surface area contributed by atoms with Gasteiger partial charge in [0.1, 0.15) is 5.65 Å². The van der Waals surface area contributed by atoms with Crippen molar-refractivity contribution < 1.29 is 9.90 Å². The average molecular weight is 426 g/mol. The van der Waals surface area contributed by atoms with E-state index >= 15 is 0 Å². The molecular weight excluding hydrogens is 398 g/mol. The summed E-state index contributed by atoms with van der Waals surface area (Å²) in [6.07, 6.45) is 3.54. The minimum atomic E-state index is -0.672. The SMILES string of the molecule is Cc1ccc2nc(-c3ccc(-c4ccccc4)cc3)c(CN3CCC(C(=O)O)CC3)n2c1. The number of aromatic nitrogens is 2. The molecule has 1 aliphatic rings. The van der Waals surface area contributed by atoms with Crippen LogP contribution in [0, 0.1) is 12.8 Å². The van der Waals surface area contributed by atoms with E-state index in [4.69, 9.17) is 4.98 Å². The van der Waals surface area contributed by atoms with Gasteiger partial charge in [-0.25, -0.2) is 4.98 Å². The van der Waals surface area contributed by atoms with Crippen LogP contribution in [0.1, 0.15) is 24.1 Å². The number of hydrogen-bond acceptors (Lipinski definition) is 3. The van der Waals surface area contributed by atoms with Crippen molar-refractivity contribution in [1.29, 1.82) is 0 Å². The van der Waals surface area contributed by atoms with Gasteiger partial charge in [0.05, 0.1) is 17.3 Å². The van der Waals surface area contributed by atoms with Crippen LogP contribution >= 0.6 is 0 Å². The minimum Gasteiger partial charge on any atom is -0.481 e. The van der Waals surface area contributed by atoms with Crippen LogP contribution in [0.4, 0.5) is 0 Å². The van der Waals surface area contributed by atoms with Gasteiger partial charge in [0.2, 0.25) is 0 Å². The highest BCUT2D eigenvalue weighted by Crippen LogP contribution is 2.30. The van der Waals surface area contributed by atoms with Gasteiger partial charge in [-0.2, -0.15) is 0 Å². The predicted octanol–water partition coefficient (Wildman–Crippen LogP) is 5.27. The van der Waals surface area contributed by atoms with E-state index in [1.54, 1.807) is 0 Å². The molecule has 5 rings (SSSR count). The number of benzene rings is 2. The molecule has 1 fully saturated rings. The molecule has 1 N–H and O–H groups in total. The number of nitrogens with zero attached hydrogens (tertiary/aromatic N) is 3. The Labute approximate surface area is 188 Å². The number of rotatable bonds is 5. The third-order valence-corrected chi connectivity index (χ3v) is 6.44. The molecule has 0 amide bonds. The molecule has 3 heterocycles. The van der Waals surface area contributed by atoms with Crippen molar-refractivity contribution >= 4 is 11.6 Å². The van der Waals surface area contributed by atoms with Gasteiger partial charge >= 0.3 is 5.97 Å². The van der Waals surface area contributed by atoms with Gasteiger partial charge < -0.3 is 9.51 Å². The van der Waals surface area contributed by atoms with Crippen molar-refractivity contribution in [2.75, 3.05) is 13.1 Å². The molecule has 0 bridgehead atoms.